The van der Waals surface area contributed by atoms with Gasteiger partial charge in [0.2, 0.25) is 0 Å². The predicted molar refractivity (Wildman–Crippen MR) is 56.5 cm³/mol. The van der Waals surface area contributed by atoms with Gasteiger partial charge in [-0.05, 0) is 36.6 Å². The first-order valence-electron chi connectivity index (χ1n) is 4.51. The lowest BCUT2D eigenvalue weighted by atomic mass is 10.0. The number of ether oxygens (including phenoxy) is 1. The molecule has 14 heavy (non-hydrogen) atoms. The maximum absolute atomic E-state index is 10.4. The molecule has 0 radical (unpaired) electrons. The van der Waals surface area contributed by atoms with Gasteiger partial charge in [0.05, 0.1) is 6.26 Å². The third-order valence-corrected chi connectivity index (χ3v) is 2.36. The van der Waals surface area contributed by atoms with Gasteiger partial charge >= 0.3 is 0 Å². The van der Waals surface area contributed by atoms with Gasteiger partial charge in [0.25, 0.3) is 0 Å². The summed E-state index contributed by atoms with van der Waals surface area (Å²) in [7, 11) is 0. The van der Waals surface area contributed by atoms with Crippen molar-refractivity contribution >= 4 is 6.29 Å². The van der Waals surface area contributed by atoms with E-state index in [4.69, 9.17) is 4.74 Å². The van der Waals surface area contributed by atoms with Gasteiger partial charge in [-0.1, -0.05) is 12.6 Å². The number of rotatable bonds is 4. The molecule has 74 valence electrons. The molecule has 0 bridgehead atoms. The Morgan fingerprint density at radius 3 is 2.64 bits per heavy atom. The van der Waals surface area contributed by atoms with E-state index in [9.17, 15) is 4.79 Å². The van der Waals surface area contributed by atoms with Crippen molar-refractivity contribution in [2.75, 3.05) is 0 Å². The van der Waals surface area contributed by atoms with Crippen LogP contribution >= 0.6 is 0 Å². The Balaban J connectivity index is 3.11. The molecule has 0 amide bonds. The van der Waals surface area contributed by atoms with E-state index < -0.39 is 0 Å². The van der Waals surface area contributed by atoms with Gasteiger partial charge in [0.1, 0.15) is 12.0 Å². The summed E-state index contributed by atoms with van der Waals surface area (Å²) in [6.45, 7) is 7.47. The zero-order valence-corrected chi connectivity index (χ0v) is 8.54. The van der Waals surface area contributed by atoms with E-state index in [1.807, 2.05) is 26.0 Å². The highest BCUT2D eigenvalue weighted by Gasteiger charge is 2.05. The van der Waals surface area contributed by atoms with Crippen LogP contribution in [0, 0.1) is 13.8 Å². The second-order valence-electron chi connectivity index (χ2n) is 3.13. The van der Waals surface area contributed by atoms with E-state index in [1.165, 1.54) is 6.26 Å². The minimum Gasteiger partial charge on any atom is -0.465 e. The summed E-state index contributed by atoms with van der Waals surface area (Å²) in [5.74, 6) is 0.798. The molecular weight excluding hydrogens is 176 g/mol. The molecule has 0 atom stereocenters. The molecule has 2 nitrogen and oxygen atoms in total. The van der Waals surface area contributed by atoms with Crippen molar-refractivity contribution in [2.45, 2.75) is 20.3 Å². The monoisotopic (exact) mass is 190 g/mol. The molecule has 0 aliphatic heterocycles. The van der Waals surface area contributed by atoms with Gasteiger partial charge in [-0.2, -0.15) is 0 Å². The summed E-state index contributed by atoms with van der Waals surface area (Å²) in [5, 5.41) is 0. The van der Waals surface area contributed by atoms with Crippen molar-refractivity contribution in [3.63, 3.8) is 0 Å². The first-order valence-corrected chi connectivity index (χ1v) is 4.51. The Morgan fingerprint density at radius 1 is 1.36 bits per heavy atom. The molecule has 1 aromatic rings. The molecule has 0 aliphatic carbocycles. The molecule has 2 heteroatoms. The number of aldehydes is 1. The molecule has 0 aliphatic rings. The Kier molecular flexibility index (Phi) is 3.46. The zero-order valence-electron chi connectivity index (χ0n) is 8.54. The van der Waals surface area contributed by atoms with Crippen molar-refractivity contribution in [2.24, 2.45) is 0 Å². The molecule has 0 aromatic heterocycles. The minimum atomic E-state index is 0.459. The van der Waals surface area contributed by atoms with Gasteiger partial charge in [0.15, 0.2) is 0 Å². The third-order valence-electron chi connectivity index (χ3n) is 2.36. The maximum atomic E-state index is 10.4. The lowest BCUT2D eigenvalue weighted by Crippen LogP contribution is -1.96. The topological polar surface area (TPSA) is 26.3 Å². The van der Waals surface area contributed by atoms with Gasteiger partial charge in [-0.25, -0.2) is 0 Å². The van der Waals surface area contributed by atoms with Crippen molar-refractivity contribution < 1.29 is 9.53 Å². The highest BCUT2D eigenvalue weighted by molar-refractivity contribution is 5.58. The fraction of sp³-hybridized carbons (Fsp3) is 0.250. The van der Waals surface area contributed by atoms with E-state index in [2.05, 4.69) is 6.58 Å². The second-order valence-corrected chi connectivity index (χ2v) is 3.13. The predicted octanol–water partition coefficient (Wildman–Crippen LogP) is 2.57. The van der Waals surface area contributed by atoms with E-state index in [0.29, 0.717) is 6.42 Å². The third kappa shape index (κ3) is 2.02. The number of carbonyl (C=O) groups is 1. The molecule has 0 heterocycles. The fourth-order valence-corrected chi connectivity index (χ4v) is 1.38. The minimum absolute atomic E-state index is 0.459. The molecule has 1 aromatic carbocycles. The second kappa shape index (κ2) is 4.61. The van der Waals surface area contributed by atoms with Crippen LogP contribution in [0.15, 0.2) is 25.0 Å². The van der Waals surface area contributed by atoms with Crippen LogP contribution in [0.4, 0.5) is 0 Å². The van der Waals surface area contributed by atoms with E-state index in [-0.39, 0.29) is 0 Å². The van der Waals surface area contributed by atoms with Crippen LogP contribution in [-0.2, 0) is 11.2 Å². The molecule has 0 fully saturated rings. The van der Waals surface area contributed by atoms with Crippen LogP contribution in [0.2, 0.25) is 0 Å². The van der Waals surface area contributed by atoms with Crippen molar-refractivity contribution in [3.8, 4) is 5.75 Å². The van der Waals surface area contributed by atoms with Crippen LogP contribution in [0.1, 0.15) is 16.7 Å². The largest absolute Gasteiger partial charge is 0.465 e. The quantitative estimate of drug-likeness (QED) is 0.538. The molecule has 0 spiro atoms. The van der Waals surface area contributed by atoms with Crippen LogP contribution in [0.3, 0.4) is 0 Å². The summed E-state index contributed by atoms with van der Waals surface area (Å²) < 4.78 is 5.23. The number of hydrogen-bond acceptors (Lipinski definition) is 2. The summed E-state index contributed by atoms with van der Waals surface area (Å²) in [5.41, 5.74) is 3.22. The summed E-state index contributed by atoms with van der Waals surface area (Å²) in [6.07, 6.45) is 2.78. The first-order chi connectivity index (χ1) is 6.70. The summed E-state index contributed by atoms with van der Waals surface area (Å²) in [4.78, 5) is 10.4. The van der Waals surface area contributed by atoms with Gasteiger partial charge in [0, 0.05) is 6.42 Å². The normalized spacial score (nSPS) is 9.57. The van der Waals surface area contributed by atoms with Gasteiger partial charge < -0.3 is 9.53 Å². The summed E-state index contributed by atoms with van der Waals surface area (Å²) >= 11 is 0. The highest BCUT2D eigenvalue weighted by atomic mass is 16.5. The van der Waals surface area contributed by atoms with Crippen molar-refractivity contribution in [1.82, 2.24) is 0 Å². The Labute approximate surface area is 84.2 Å². The SMILES string of the molecule is C=COc1ccc(CC=O)c(C)c1C. The van der Waals surface area contributed by atoms with E-state index in [0.717, 1.165) is 28.7 Å². The zero-order chi connectivity index (χ0) is 10.6. The number of benzene rings is 1. The number of hydrogen-bond donors (Lipinski definition) is 0. The van der Waals surface area contributed by atoms with Gasteiger partial charge in [-0.3, -0.25) is 0 Å². The fourth-order valence-electron chi connectivity index (χ4n) is 1.38. The first kappa shape index (κ1) is 10.5. The molecular formula is C12H14O2. The average molecular weight is 190 g/mol. The molecule has 0 N–H and O–H groups in total. The lowest BCUT2D eigenvalue weighted by Gasteiger charge is -2.10. The highest BCUT2D eigenvalue weighted by Crippen LogP contribution is 2.24. The Morgan fingerprint density at radius 2 is 2.07 bits per heavy atom. The lowest BCUT2D eigenvalue weighted by molar-refractivity contribution is -0.107. The molecule has 1 rings (SSSR count). The van der Waals surface area contributed by atoms with Crippen LogP contribution < -0.4 is 4.74 Å². The van der Waals surface area contributed by atoms with Crippen molar-refractivity contribution in [1.29, 1.82) is 0 Å². The smallest absolute Gasteiger partial charge is 0.129 e. The van der Waals surface area contributed by atoms with E-state index >= 15 is 0 Å². The van der Waals surface area contributed by atoms with Crippen LogP contribution in [-0.4, -0.2) is 6.29 Å². The standard InChI is InChI=1S/C12H14O2/c1-4-14-12-6-5-11(7-8-13)9(2)10(12)3/h4-6,8H,1,7H2,2-3H3. The van der Waals surface area contributed by atoms with Gasteiger partial charge in [-0.15, -0.1) is 0 Å². The average Bonchev–Trinajstić information content (AvgIpc) is 2.18. The van der Waals surface area contributed by atoms with Crippen molar-refractivity contribution in [3.05, 3.63) is 41.7 Å². The Bertz CT molecular complexity index is 319. The summed E-state index contributed by atoms with van der Waals surface area (Å²) in [6, 6.07) is 3.78. The Hall–Kier alpha value is -1.57. The number of carbonyl (C=O) groups excluding carboxylic acids is 1. The van der Waals surface area contributed by atoms with Crippen LogP contribution in [0.5, 0.6) is 5.75 Å². The van der Waals surface area contributed by atoms with E-state index in [1.54, 1.807) is 0 Å². The molecule has 0 saturated heterocycles. The molecule has 0 unspecified atom stereocenters. The van der Waals surface area contributed by atoms with Crippen LogP contribution in [0.25, 0.3) is 0 Å². The maximum Gasteiger partial charge on any atom is 0.129 e. The molecule has 0 saturated carbocycles.